The molecule has 0 aromatic carbocycles. The highest BCUT2D eigenvalue weighted by atomic mass is 16.5. The van der Waals surface area contributed by atoms with Gasteiger partial charge in [-0.25, -0.2) is 0 Å². The van der Waals surface area contributed by atoms with Crippen LogP contribution in [0.5, 0.6) is 0 Å². The standard InChI is InChI=1S/C15H25NO3/c1-10-5-4-6-12(9-10)11(2)16-13(17)15(7-8-15)14(18)19-3/h10-12H,4-9H2,1-3H3,(H,16,17)/t10-,11-,12-/m1/s1. The van der Waals surface area contributed by atoms with Gasteiger partial charge in [0.25, 0.3) is 0 Å². The lowest BCUT2D eigenvalue weighted by Gasteiger charge is -2.32. The minimum Gasteiger partial charge on any atom is -0.468 e. The zero-order valence-corrected chi connectivity index (χ0v) is 12.2. The molecule has 3 atom stereocenters. The molecule has 0 spiro atoms. The van der Waals surface area contributed by atoms with Crippen LogP contribution in [0.25, 0.3) is 0 Å². The minimum atomic E-state index is -0.872. The molecule has 0 radical (unpaired) electrons. The van der Waals surface area contributed by atoms with Crippen LogP contribution in [0.1, 0.15) is 52.4 Å². The Balaban J connectivity index is 1.90. The summed E-state index contributed by atoms with van der Waals surface area (Å²) in [5.41, 5.74) is -0.872. The van der Waals surface area contributed by atoms with Gasteiger partial charge >= 0.3 is 5.97 Å². The molecule has 2 saturated carbocycles. The number of esters is 1. The van der Waals surface area contributed by atoms with Crippen molar-refractivity contribution in [3.05, 3.63) is 0 Å². The lowest BCUT2D eigenvalue weighted by atomic mass is 9.79. The lowest BCUT2D eigenvalue weighted by molar-refractivity contribution is -0.152. The number of ether oxygens (including phenoxy) is 1. The summed E-state index contributed by atoms with van der Waals surface area (Å²) in [6.45, 7) is 4.34. The fraction of sp³-hybridized carbons (Fsp3) is 0.867. The van der Waals surface area contributed by atoms with Gasteiger partial charge in [0.2, 0.25) is 5.91 Å². The third-order valence-corrected chi connectivity index (χ3v) is 4.80. The van der Waals surface area contributed by atoms with Gasteiger partial charge in [-0.15, -0.1) is 0 Å². The molecule has 1 amide bonds. The third-order valence-electron chi connectivity index (χ3n) is 4.80. The molecule has 19 heavy (non-hydrogen) atoms. The Bertz CT molecular complexity index is 362. The molecule has 0 unspecified atom stereocenters. The maximum atomic E-state index is 12.3. The summed E-state index contributed by atoms with van der Waals surface area (Å²) >= 11 is 0. The van der Waals surface area contributed by atoms with Gasteiger partial charge in [-0.3, -0.25) is 9.59 Å². The molecule has 0 aromatic heterocycles. The first-order valence-electron chi connectivity index (χ1n) is 7.39. The first kappa shape index (κ1) is 14.4. The number of carbonyl (C=O) groups is 2. The van der Waals surface area contributed by atoms with Crippen molar-refractivity contribution in [1.82, 2.24) is 5.32 Å². The number of nitrogens with one attached hydrogen (secondary N) is 1. The molecule has 1 N–H and O–H groups in total. The van der Waals surface area contributed by atoms with E-state index in [-0.39, 0.29) is 17.9 Å². The van der Waals surface area contributed by atoms with Gasteiger partial charge in [0.05, 0.1) is 7.11 Å². The maximum absolute atomic E-state index is 12.3. The van der Waals surface area contributed by atoms with Crippen molar-refractivity contribution in [2.24, 2.45) is 17.3 Å². The number of rotatable bonds is 4. The highest BCUT2D eigenvalue weighted by Crippen LogP contribution is 2.47. The highest BCUT2D eigenvalue weighted by molar-refractivity contribution is 6.05. The zero-order chi connectivity index (χ0) is 14.0. The molecule has 108 valence electrons. The molecule has 0 aromatic rings. The second-order valence-corrected chi connectivity index (χ2v) is 6.37. The lowest BCUT2D eigenvalue weighted by Crippen LogP contribution is -2.45. The van der Waals surface area contributed by atoms with E-state index in [0.717, 1.165) is 5.92 Å². The smallest absolute Gasteiger partial charge is 0.321 e. The fourth-order valence-electron chi connectivity index (χ4n) is 3.24. The summed E-state index contributed by atoms with van der Waals surface area (Å²) in [6.07, 6.45) is 6.14. The number of carbonyl (C=O) groups excluding carboxylic acids is 2. The van der Waals surface area contributed by atoms with Gasteiger partial charge in [0.1, 0.15) is 5.41 Å². The van der Waals surface area contributed by atoms with Crippen molar-refractivity contribution < 1.29 is 14.3 Å². The number of hydrogen-bond donors (Lipinski definition) is 1. The first-order valence-corrected chi connectivity index (χ1v) is 7.39. The van der Waals surface area contributed by atoms with E-state index < -0.39 is 5.41 Å². The Morgan fingerprint density at radius 1 is 1.32 bits per heavy atom. The van der Waals surface area contributed by atoms with E-state index in [2.05, 4.69) is 19.2 Å². The Morgan fingerprint density at radius 2 is 2.00 bits per heavy atom. The largest absolute Gasteiger partial charge is 0.468 e. The summed E-state index contributed by atoms with van der Waals surface area (Å²) in [5, 5.41) is 3.05. The van der Waals surface area contributed by atoms with Crippen LogP contribution in [0, 0.1) is 17.3 Å². The molecule has 2 rings (SSSR count). The van der Waals surface area contributed by atoms with Crippen molar-refractivity contribution in [2.45, 2.75) is 58.4 Å². The van der Waals surface area contributed by atoms with Crippen molar-refractivity contribution in [1.29, 1.82) is 0 Å². The SMILES string of the molecule is COC(=O)C1(C(=O)N[C@H](C)[C@@H]2CCC[C@@H](C)C2)CC1. The second kappa shape index (κ2) is 5.51. The predicted octanol–water partition coefficient (Wildman–Crippen LogP) is 2.27. The van der Waals surface area contributed by atoms with Crippen LogP contribution < -0.4 is 5.32 Å². The van der Waals surface area contributed by atoms with Crippen molar-refractivity contribution in [3.63, 3.8) is 0 Å². The minimum absolute atomic E-state index is 0.134. The molecular weight excluding hydrogens is 242 g/mol. The molecule has 0 saturated heterocycles. The average molecular weight is 267 g/mol. The van der Waals surface area contributed by atoms with E-state index in [1.165, 1.54) is 32.8 Å². The maximum Gasteiger partial charge on any atom is 0.321 e. The van der Waals surface area contributed by atoms with Gasteiger partial charge in [0, 0.05) is 6.04 Å². The monoisotopic (exact) mass is 267 g/mol. The van der Waals surface area contributed by atoms with Crippen LogP contribution in [0.3, 0.4) is 0 Å². The predicted molar refractivity (Wildman–Crippen MR) is 72.4 cm³/mol. The van der Waals surface area contributed by atoms with Crippen LogP contribution in [0.4, 0.5) is 0 Å². The van der Waals surface area contributed by atoms with E-state index in [9.17, 15) is 9.59 Å². The van der Waals surface area contributed by atoms with Gasteiger partial charge in [-0.2, -0.15) is 0 Å². The summed E-state index contributed by atoms with van der Waals surface area (Å²) in [5.74, 6) is 0.772. The fourth-order valence-corrected chi connectivity index (χ4v) is 3.24. The molecule has 2 aliphatic carbocycles. The second-order valence-electron chi connectivity index (χ2n) is 6.37. The van der Waals surface area contributed by atoms with E-state index in [1.54, 1.807) is 0 Å². The Kier molecular flexibility index (Phi) is 4.16. The van der Waals surface area contributed by atoms with Gasteiger partial charge in [0.15, 0.2) is 0 Å². The molecular formula is C15H25NO3. The molecule has 4 nitrogen and oxygen atoms in total. The molecule has 4 heteroatoms. The first-order chi connectivity index (χ1) is 8.99. The summed E-state index contributed by atoms with van der Waals surface area (Å²) < 4.78 is 4.74. The van der Waals surface area contributed by atoms with Crippen LogP contribution in [-0.2, 0) is 14.3 Å². The van der Waals surface area contributed by atoms with Crippen molar-refractivity contribution in [3.8, 4) is 0 Å². The summed E-state index contributed by atoms with van der Waals surface area (Å²) in [7, 11) is 1.35. The van der Waals surface area contributed by atoms with Crippen LogP contribution in [-0.4, -0.2) is 25.0 Å². The van der Waals surface area contributed by atoms with E-state index in [0.29, 0.717) is 18.8 Å². The normalized spacial score (nSPS) is 30.3. The molecule has 2 aliphatic rings. The quantitative estimate of drug-likeness (QED) is 0.628. The van der Waals surface area contributed by atoms with Crippen molar-refractivity contribution >= 4 is 11.9 Å². The molecule has 0 heterocycles. The molecule has 0 bridgehead atoms. The number of amides is 1. The Morgan fingerprint density at radius 3 is 2.53 bits per heavy atom. The van der Waals surface area contributed by atoms with Gasteiger partial charge in [-0.1, -0.05) is 19.8 Å². The van der Waals surface area contributed by atoms with Crippen LogP contribution >= 0.6 is 0 Å². The zero-order valence-electron chi connectivity index (χ0n) is 12.2. The van der Waals surface area contributed by atoms with Gasteiger partial charge < -0.3 is 10.1 Å². The molecule has 2 fully saturated rings. The number of hydrogen-bond acceptors (Lipinski definition) is 3. The Labute approximate surface area is 115 Å². The van der Waals surface area contributed by atoms with Crippen LogP contribution in [0.2, 0.25) is 0 Å². The van der Waals surface area contributed by atoms with Crippen LogP contribution in [0.15, 0.2) is 0 Å². The molecule has 0 aliphatic heterocycles. The van der Waals surface area contributed by atoms with E-state index >= 15 is 0 Å². The Hall–Kier alpha value is -1.06. The van der Waals surface area contributed by atoms with E-state index in [1.807, 2.05) is 0 Å². The average Bonchev–Trinajstić information content (AvgIpc) is 3.19. The topological polar surface area (TPSA) is 55.4 Å². The number of methoxy groups -OCH3 is 1. The third kappa shape index (κ3) is 2.93. The summed E-state index contributed by atoms with van der Waals surface area (Å²) in [4.78, 5) is 23.9. The van der Waals surface area contributed by atoms with Gasteiger partial charge in [-0.05, 0) is 44.4 Å². The van der Waals surface area contributed by atoms with E-state index in [4.69, 9.17) is 4.74 Å². The summed E-state index contributed by atoms with van der Waals surface area (Å²) in [6, 6.07) is 0.150. The van der Waals surface area contributed by atoms with Crippen molar-refractivity contribution in [2.75, 3.05) is 7.11 Å². The highest BCUT2D eigenvalue weighted by Gasteiger charge is 2.58.